The lowest BCUT2D eigenvalue weighted by Gasteiger charge is -2.01. The van der Waals surface area contributed by atoms with Gasteiger partial charge in [-0.25, -0.2) is 4.98 Å². The molecule has 3 aromatic rings. The Labute approximate surface area is 121 Å². The van der Waals surface area contributed by atoms with E-state index in [1.165, 1.54) is 12.1 Å². The van der Waals surface area contributed by atoms with Crippen LogP contribution in [-0.4, -0.2) is 24.5 Å². The molecule has 3 rings (SSSR count). The molecule has 0 atom stereocenters. The van der Waals surface area contributed by atoms with Crippen LogP contribution in [-0.2, 0) is 0 Å². The van der Waals surface area contributed by atoms with Gasteiger partial charge in [0.15, 0.2) is 10.7 Å². The monoisotopic (exact) mass is 307 g/mol. The third-order valence-electron chi connectivity index (χ3n) is 2.47. The number of aromatic nitrogens is 4. The molecule has 20 heavy (non-hydrogen) atoms. The molecule has 0 radical (unpaired) electrons. The van der Waals surface area contributed by atoms with E-state index in [0.29, 0.717) is 10.8 Å². The zero-order valence-electron chi connectivity index (χ0n) is 9.80. The van der Waals surface area contributed by atoms with Gasteiger partial charge >= 0.3 is 5.69 Å². The molecule has 0 aliphatic heterocycles. The van der Waals surface area contributed by atoms with E-state index in [0.717, 1.165) is 11.8 Å². The number of hydrogen-bond donors (Lipinski definition) is 0. The zero-order valence-corrected chi connectivity index (χ0v) is 11.4. The van der Waals surface area contributed by atoms with Gasteiger partial charge in [0.1, 0.15) is 5.15 Å². The average Bonchev–Trinajstić information content (AvgIpc) is 2.82. The molecule has 0 N–H and O–H groups in total. The van der Waals surface area contributed by atoms with E-state index in [-0.39, 0.29) is 15.9 Å². The maximum atomic E-state index is 11.0. The van der Waals surface area contributed by atoms with Crippen LogP contribution in [0.2, 0.25) is 5.15 Å². The number of halogens is 1. The third-order valence-corrected chi connectivity index (χ3v) is 3.64. The fourth-order valence-corrected chi connectivity index (χ4v) is 2.70. The second-order valence-corrected chi connectivity index (χ2v) is 5.07. The Morgan fingerprint density at radius 2 is 2.10 bits per heavy atom. The van der Waals surface area contributed by atoms with Gasteiger partial charge in [0, 0.05) is 12.3 Å². The van der Waals surface area contributed by atoms with E-state index in [4.69, 9.17) is 11.6 Å². The van der Waals surface area contributed by atoms with Crippen LogP contribution in [0, 0.1) is 10.1 Å². The SMILES string of the molecule is O=[N+]([O-])c1ccc(Cl)nc1Sc1nnc2ccccn12. The first-order chi connectivity index (χ1) is 9.65. The van der Waals surface area contributed by atoms with E-state index >= 15 is 0 Å². The molecule has 0 unspecified atom stereocenters. The fourth-order valence-electron chi connectivity index (χ4n) is 1.60. The molecule has 0 spiro atoms. The van der Waals surface area contributed by atoms with Crippen LogP contribution in [0.1, 0.15) is 0 Å². The van der Waals surface area contributed by atoms with Gasteiger partial charge in [-0.1, -0.05) is 17.7 Å². The van der Waals surface area contributed by atoms with Gasteiger partial charge in [0.05, 0.1) is 4.92 Å². The van der Waals surface area contributed by atoms with Gasteiger partial charge in [-0.3, -0.25) is 14.5 Å². The van der Waals surface area contributed by atoms with Crippen LogP contribution in [0.5, 0.6) is 0 Å². The molecule has 0 saturated carbocycles. The summed E-state index contributed by atoms with van der Waals surface area (Å²) in [7, 11) is 0. The molecule has 0 bridgehead atoms. The standard InChI is InChI=1S/C11H6ClN5O2S/c12-8-5-4-7(17(18)19)10(13-8)20-11-15-14-9-3-1-2-6-16(9)11/h1-6H. The van der Waals surface area contributed by atoms with Crippen molar-refractivity contribution in [3.63, 3.8) is 0 Å². The molecule has 0 aromatic carbocycles. The third kappa shape index (κ3) is 2.30. The highest BCUT2D eigenvalue weighted by Gasteiger charge is 2.19. The highest BCUT2D eigenvalue weighted by atomic mass is 35.5. The molecular weight excluding hydrogens is 302 g/mol. The molecule has 0 aliphatic carbocycles. The summed E-state index contributed by atoms with van der Waals surface area (Å²) in [5, 5.41) is 19.8. The quantitative estimate of drug-likeness (QED) is 0.420. The first-order valence-corrected chi connectivity index (χ1v) is 6.63. The molecule has 0 fully saturated rings. The predicted octanol–water partition coefficient (Wildman–Crippen LogP) is 2.84. The topological polar surface area (TPSA) is 86.2 Å². The van der Waals surface area contributed by atoms with Crippen LogP contribution >= 0.6 is 23.4 Å². The minimum atomic E-state index is -0.505. The number of nitrogens with zero attached hydrogens (tertiary/aromatic N) is 5. The van der Waals surface area contributed by atoms with Crippen LogP contribution in [0.4, 0.5) is 5.69 Å². The van der Waals surface area contributed by atoms with Crippen LogP contribution in [0.25, 0.3) is 5.65 Å². The Balaban J connectivity index is 2.07. The van der Waals surface area contributed by atoms with Crippen molar-refractivity contribution >= 4 is 34.7 Å². The van der Waals surface area contributed by atoms with Crippen molar-refractivity contribution in [2.75, 3.05) is 0 Å². The Hall–Kier alpha value is -2.19. The van der Waals surface area contributed by atoms with Crippen molar-refractivity contribution in [2.24, 2.45) is 0 Å². The summed E-state index contributed by atoms with van der Waals surface area (Å²) in [6.45, 7) is 0. The highest BCUT2D eigenvalue weighted by molar-refractivity contribution is 7.99. The lowest BCUT2D eigenvalue weighted by molar-refractivity contribution is -0.388. The molecule has 0 aliphatic rings. The van der Waals surface area contributed by atoms with Crippen molar-refractivity contribution in [3.05, 3.63) is 51.8 Å². The lowest BCUT2D eigenvalue weighted by Crippen LogP contribution is -1.95. The molecule has 9 heteroatoms. The number of rotatable bonds is 3. The van der Waals surface area contributed by atoms with Crippen molar-refractivity contribution in [2.45, 2.75) is 10.2 Å². The maximum Gasteiger partial charge on any atom is 0.301 e. The van der Waals surface area contributed by atoms with Crippen LogP contribution in [0.15, 0.2) is 46.7 Å². The average molecular weight is 308 g/mol. The fraction of sp³-hybridized carbons (Fsp3) is 0. The minimum absolute atomic E-state index is 0.118. The number of fused-ring (bicyclic) bond motifs is 1. The predicted molar refractivity (Wildman–Crippen MR) is 73.0 cm³/mol. The smallest absolute Gasteiger partial charge is 0.277 e. The highest BCUT2D eigenvalue weighted by Crippen LogP contribution is 2.33. The van der Waals surface area contributed by atoms with E-state index in [9.17, 15) is 10.1 Å². The van der Waals surface area contributed by atoms with E-state index in [1.807, 2.05) is 12.1 Å². The van der Waals surface area contributed by atoms with Gasteiger partial charge in [0.25, 0.3) is 0 Å². The molecule has 3 heterocycles. The van der Waals surface area contributed by atoms with Crippen molar-refractivity contribution < 1.29 is 4.92 Å². The normalized spacial score (nSPS) is 10.8. The lowest BCUT2D eigenvalue weighted by atomic mass is 10.4. The Morgan fingerprint density at radius 1 is 1.25 bits per heavy atom. The summed E-state index contributed by atoms with van der Waals surface area (Å²) in [6.07, 6.45) is 1.77. The number of hydrogen-bond acceptors (Lipinski definition) is 6. The van der Waals surface area contributed by atoms with Gasteiger partial charge < -0.3 is 0 Å². The van der Waals surface area contributed by atoms with Gasteiger partial charge in [-0.2, -0.15) is 0 Å². The zero-order chi connectivity index (χ0) is 14.1. The van der Waals surface area contributed by atoms with E-state index in [2.05, 4.69) is 15.2 Å². The number of pyridine rings is 2. The molecule has 0 amide bonds. The summed E-state index contributed by atoms with van der Waals surface area (Å²) >= 11 is 6.84. The summed E-state index contributed by atoms with van der Waals surface area (Å²) in [6, 6.07) is 8.14. The van der Waals surface area contributed by atoms with Gasteiger partial charge in [0.2, 0.25) is 5.16 Å². The van der Waals surface area contributed by atoms with Gasteiger partial charge in [-0.15, -0.1) is 10.2 Å². The van der Waals surface area contributed by atoms with Gasteiger partial charge in [-0.05, 0) is 30.0 Å². The number of nitro groups is 1. The van der Waals surface area contributed by atoms with E-state index < -0.39 is 4.92 Å². The van der Waals surface area contributed by atoms with Crippen LogP contribution in [0.3, 0.4) is 0 Å². The molecule has 7 nitrogen and oxygen atoms in total. The Kier molecular flexibility index (Phi) is 3.25. The molecule has 3 aromatic heterocycles. The maximum absolute atomic E-state index is 11.0. The van der Waals surface area contributed by atoms with Crippen molar-refractivity contribution in [1.29, 1.82) is 0 Å². The summed E-state index contributed by atoms with van der Waals surface area (Å²) < 4.78 is 1.72. The Morgan fingerprint density at radius 3 is 2.90 bits per heavy atom. The summed E-state index contributed by atoms with van der Waals surface area (Å²) in [5.74, 6) is 0. The summed E-state index contributed by atoms with van der Waals surface area (Å²) in [4.78, 5) is 14.5. The second kappa shape index (κ2) is 5.06. The Bertz CT molecular complexity index is 806. The molecular formula is C11H6ClN5O2S. The van der Waals surface area contributed by atoms with Crippen molar-refractivity contribution in [3.8, 4) is 0 Å². The van der Waals surface area contributed by atoms with Crippen LogP contribution < -0.4 is 0 Å². The first-order valence-electron chi connectivity index (χ1n) is 5.44. The van der Waals surface area contributed by atoms with E-state index in [1.54, 1.807) is 16.7 Å². The molecule has 100 valence electrons. The summed E-state index contributed by atoms with van der Waals surface area (Å²) in [5.41, 5.74) is 0.534. The first kappa shape index (κ1) is 12.8. The second-order valence-electron chi connectivity index (χ2n) is 3.73. The largest absolute Gasteiger partial charge is 0.301 e. The van der Waals surface area contributed by atoms with Crippen molar-refractivity contribution in [1.82, 2.24) is 19.6 Å². The molecule has 0 saturated heterocycles. The minimum Gasteiger partial charge on any atom is -0.277 e.